The lowest BCUT2D eigenvalue weighted by Gasteiger charge is -2.12. The number of ether oxygens (including phenoxy) is 1. The van der Waals surface area contributed by atoms with Gasteiger partial charge in [-0.2, -0.15) is 13.2 Å². The largest absolute Gasteiger partial charge is 0.495 e. The summed E-state index contributed by atoms with van der Waals surface area (Å²) in [6.07, 6.45) is -4.44. The van der Waals surface area contributed by atoms with Crippen molar-refractivity contribution in [3.63, 3.8) is 0 Å². The van der Waals surface area contributed by atoms with Crippen LogP contribution in [-0.4, -0.2) is 13.4 Å². The molecular weight excluding hydrogens is 183 g/mol. The molecule has 0 saturated heterocycles. The highest BCUT2D eigenvalue weighted by molar-refractivity contribution is 5.56. The first kappa shape index (κ1) is 9.70. The van der Waals surface area contributed by atoms with Crippen LogP contribution in [0.1, 0.15) is 0 Å². The quantitative estimate of drug-likeness (QED) is 0.725. The van der Waals surface area contributed by atoms with Crippen LogP contribution in [0.3, 0.4) is 0 Å². The zero-order chi connectivity index (χ0) is 9.90. The number of hydrogen-bond acceptors (Lipinski definition) is 2. The second kappa shape index (κ2) is 3.55. The molecule has 1 rings (SSSR count). The van der Waals surface area contributed by atoms with E-state index in [9.17, 15) is 13.2 Å². The first-order chi connectivity index (χ1) is 6.03. The van der Waals surface area contributed by atoms with Crippen molar-refractivity contribution >= 4 is 5.69 Å². The number of alkyl halides is 3. The zero-order valence-corrected chi connectivity index (χ0v) is 6.85. The van der Waals surface area contributed by atoms with E-state index < -0.39 is 6.30 Å². The zero-order valence-electron chi connectivity index (χ0n) is 6.85. The van der Waals surface area contributed by atoms with Gasteiger partial charge in [-0.05, 0) is 12.1 Å². The fourth-order valence-corrected chi connectivity index (χ4v) is 0.901. The Labute approximate surface area is 73.3 Å². The normalized spacial score (nSPS) is 11.1. The minimum atomic E-state index is -4.44. The standard InChI is InChI=1S/C8H8F3NO/c1-13-7-5-3-2-4-6(7)12-8(9,10)11/h2-5,12H,1H3. The summed E-state index contributed by atoms with van der Waals surface area (Å²) in [5.74, 6) is 0.167. The summed E-state index contributed by atoms with van der Waals surface area (Å²) in [6, 6.07) is 5.84. The van der Waals surface area contributed by atoms with Crippen molar-refractivity contribution in [2.75, 3.05) is 12.4 Å². The molecule has 0 bridgehead atoms. The second-order valence-electron chi connectivity index (χ2n) is 2.32. The fourth-order valence-electron chi connectivity index (χ4n) is 0.901. The molecule has 13 heavy (non-hydrogen) atoms. The Hall–Kier alpha value is -1.39. The third-order valence-corrected chi connectivity index (χ3v) is 1.38. The van der Waals surface area contributed by atoms with Crippen molar-refractivity contribution in [3.8, 4) is 5.75 Å². The molecule has 1 N–H and O–H groups in total. The van der Waals surface area contributed by atoms with E-state index in [1.165, 1.54) is 30.6 Å². The molecule has 5 heteroatoms. The molecule has 0 heterocycles. The minimum absolute atomic E-state index is 0.0856. The van der Waals surface area contributed by atoms with E-state index in [0.717, 1.165) is 0 Å². The molecule has 0 aliphatic heterocycles. The topological polar surface area (TPSA) is 21.3 Å². The van der Waals surface area contributed by atoms with Gasteiger partial charge in [0.1, 0.15) is 5.75 Å². The van der Waals surface area contributed by atoms with Gasteiger partial charge in [0.2, 0.25) is 0 Å². The smallest absolute Gasteiger partial charge is 0.482 e. The third-order valence-electron chi connectivity index (χ3n) is 1.38. The van der Waals surface area contributed by atoms with Crippen molar-refractivity contribution in [2.24, 2.45) is 0 Å². The highest BCUT2D eigenvalue weighted by Crippen LogP contribution is 2.28. The number of hydrogen-bond donors (Lipinski definition) is 1. The molecule has 0 aromatic heterocycles. The van der Waals surface area contributed by atoms with Gasteiger partial charge in [0.25, 0.3) is 0 Å². The van der Waals surface area contributed by atoms with Crippen molar-refractivity contribution in [3.05, 3.63) is 24.3 Å². The van der Waals surface area contributed by atoms with Gasteiger partial charge >= 0.3 is 6.30 Å². The lowest BCUT2D eigenvalue weighted by atomic mass is 10.3. The van der Waals surface area contributed by atoms with Crippen LogP contribution in [0.15, 0.2) is 24.3 Å². The third kappa shape index (κ3) is 2.85. The van der Waals surface area contributed by atoms with E-state index in [-0.39, 0.29) is 11.4 Å². The van der Waals surface area contributed by atoms with Gasteiger partial charge in [0.15, 0.2) is 0 Å². The second-order valence-corrected chi connectivity index (χ2v) is 2.32. The number of benzene rings is 1. The Bertz CT molecular complexity index is 285. The average Bonchev–Trinajstić information content (AvgIpc) is 2.02. The molecule has 0 aliphatic carbocycles. The monoisotopic (exact) mass is 191 g/mol. The van der Waals surface area contributed by atoms with Gasteiger partial charge in [0.05, 0.1) is 12.8 Å². The van der Waals surface area contributed by atoms with E-state index in [4.69, 9.17) is 4.74 Å². The minimum Gasteiger partial charge on any atom is -0.495 e. The van der Waals surface area contributed by atoms with Gasteiger partial charge in [-0.25, -0.2) is 0 Å². The van der Waals surface area contributed by atoms with Gasteiger partial charge in [-0.15, -0.1) is 0 Å². The SMILES string of the molecule is COc1ccccc1NC(F)(F)F. The summed E-state index contributed by atoms with van der Waals surface area (Å²) in [5, 5.41) is 1.38. The lowest BCUT2D eigenvalue weighted by Crippen LogP contribution is -2.20. The molecule has 0 fully saturated rings. The van der Waals surface area contributed by atoms with E-state index >= 15 is 0 Å². The molecule has 0 spiro atoms. The van der Waals surface area contributed by atoms with E-state index in [0.29, 0.717) is 0 Å². The lowest BCUT2D eigenvalue weighted by molar-refractivity contribution is -0.100. The number of rotatable bonds is 2. The van der Waals surface area contributed by atoms with Crippen molar-refractivity contribution in [1.82, 2.24) is 0 Å². The Morgan fingerprint density at radius 1 is 1.23 bits per heavy atom. The summed E-state index contributed by atoms with van der Waals surface area (Å²) < 4.78 is 40.4. The molecule has 1 aromatic rings. The molecular formula is C8H8F3NO. The molecule has 0 radical (unpaired) electrons. The maximum atomic E-state index is 11.9. The summed E-state index contributed by atoms with van der Waals surface area (Å²) >= 11 is 0. The summed E-state index contributed by atoms with van der Waals surface area (Å²) in [7, 11) is 1.32. The Balaban J connectivity index is 2.87. The number of halogens is 3. The van der Waals surface area contributed by atoms with Crippen LogP contribution in [0.25, 0.3) is 0 Å². The molecule has 72 valence electrons. The van der Waals surface area contributed by atoms with Crippen LogP contribution in [0, 0.1) is 0 Å². The van der Waals surface area contributed by atoms with Gasteiger partial charge in [-0.3, -0.25) is 5.32 Å². The molecule has 1 aromatic carbocycles. The van der Waals surface area contributed by atoms with Crippen molar-refractivity contribution in [1.29, 1.82) is 0 Å². The van der Waals surface area contributed by atoms with E-state index in [1.54, 1.807) is 6.07 Å². The van der Waals surface area contributed by atoms with Crippen LogP contribution < -0.4 is 10.1 Å². The number of anilines is 1. The van der Waals surface area contributed by atoms with Crippen molar-refractivity contribution in [2.45, 2.75) is 6.30 Å². The fraction of sp³-hybridized carbons (Fsp3) is 0.250. The predicted molar refractivity (Wildman–Crippen MR) is 42.7 cm³/mol. The van der Waals surface area contributed by atoms with Crippen LogP contribution in [-0.2, 0) is 0 Å². The average molecular weight is 191 g/mol. The first-order valence-corrected chi connectivity index (χ1v) is 3.51. The van der Waals surface area contributed by atoms with Crippen LogP contribution in [0.5, 0.6) is 5.75 Å². The Morgan fingerprint density at radius 3 is 2.38 bits per heavy atom. The first-order valence-electron chi connectivity index (χ1n) is 3.51. The van der Waals surface area contributed by atoms with E-state index in [2.05, 4.69) is 0 Å². The highest BCUT2D eigenvalue weighted by Gasteiger charge is 2.28. The van der Waals surface area contributed by atoms with Crippen LogP contribution in [0.4, 0.5) is 18.9 Å². The summed E-state index contributed by atoms with van der Waals surface area (Å²) in [6.45, 7) is 0. The van der Waals surface area contributed by atoms with Gasteiger partial charge in [0, 0.05) is 0 Å². The van der Waals surface area contributed by atoms with Gasteiger partial charge < -0.3 is 4.74 Å². The molecule has 0 saturated carbocycles. The molecule has 0 unspecified atom stereocenters. The molecule has 0 atom stereocenters. The summed E-state index contributed by atoms with van der Waals surface area (Å²) in [4.78, 5) is 0. The number of nitrogens with one attached hydrogen (secondary N) is 1. The molecule has 0 amide bonds. The predicted octanol–water partition coefficient (Wildman–Crippen LogP) is 2.63. The Kier molecular flexibility index (Phi) is 2.65. The maximum Gasteiger partial charge on any atom is 0.482 e. The van der Waals surface area contributed by atoms with Crippen molar-refractivity contribution < 1.29 is 17.9 Å². The molecule has 0 aliphatic rings. The summed E-state index contributed by atoms with van der Waals surface area (Å²) in [5.41, 5.74) is -0.0856. The van der Waals surface area contributed by atoms with E-state index in [1.807, 2.05) is 0 Å². The molecule has 2 nitrogen and oxygen atoms in total. The Morgan fingerprint density at radius 2 is 1.85 bits per heavy atom. The number of methoxy groups -OCH3 is 1. The highest BCUT2D eigenvalue weighted by atomic mass is 19.4. The van der Waals surface area contributed by atoms with Crippen LogP contribution in [0.2, 0.25) is 0 Å². The van der Waals surface area contributed by atoms with Crippen LogP contribution >= 0.6 is 0 Å². The number of para-hydroxylation sites is 2. The maximum absolute atomic E-state index is 11.9. The van der Waals surface area contributed by atoms with Gasteiger partial charge in [-0.1, -0.05) is 12.1 Å².